The predicted molar refractivity (Wildman–Crippen MR) is 240 cm³/mol. The number of rotatable bonds is 3. The van der Waals surface area contributed by atoms with Gasteiger partial charge in [0.15, 0.2) is 6.29 Å². The lowest BCUT2D eigenvalue weighted by Crippen LogP contribution is -2.61. The van der Waals surface area contributed by atoms with Crippen LogP contribution < -0.4 is 5.73 Å². The number of allylic oxidation sites excluding steroid dienone is 10. The third kappa shape index (κ3) is 20.8. The normalized spacial score (nSPS) is 40.3. The maximum atomic E-state index is 12.9. The third-order valence-corrected chi connectivity index (χ3v) is 11.8. The molecule has 376 valence electrons. The number of esters is 1. The number of hydrogen-bond donors (Lipinski definition) is 13. The Labute approximate surface area is 386 Å². The second-order valence-corrected chi connectivity index (χ2v) is 17.6. The number of nitrogens with two attached hydrogens (primary N) is 1. The SMILES string of the molecule is C[C@H]1[C@H](C)OC(=O)C[C@H](O)C[C@H](O)C[C@H](O)CC[C@H](O)[C@H](O)CC(=O)C[C@H](O)[C@H](C(=O)O)[C@H](O)C[C@H](O[C@@H]2O[C@H](C)[C@H](O)[C@H](N)[C@@H]2O)C=CC=CC=CC=CCCC=CC=C[C@](C)(O)[C@@H]1O. The highest BCUT2D eigenvalue weighted by Crippen LogP contribution is 2.27. The molecule has 0 amide bonds. The third-order valence-electron chi connectivity index (χ3n) is 11.8. The molecule has 14 N–H and O–H groups in total. The molecule has 66 heavy (non-hydrogen) atoms. The minimum atomic E-state index is -1.96. The molecule has 0 aromatic rings. The van der Waals surface area contributed by atoms with Crippen LogP contribution in [0.25, 0.3) is 0 Å². The molecule has 0 bridgehead atoms. The van der Waals surface area contributed by atoms with Crippen LogP contribution in [0, 0.1) is 11.8 Å². The van der Waals surface area contributed by atoms with E-state index in [4.69, 9.17) is 19.9 Å². The summed E-state index contributed by atoms with van der Waals surface area (Å²) in [7, 11) is 0. The van der Waals surface area contributed by atoms with E-state index in [1.165, 1.54) is 39.0 Å². The summed E-state index contributed by atoms with van der Waals surface area (Å²) in [6.45, 7) is 6.04. The Balaban J connectivity index is 2.29. The van der Waals surface area contributed by atoms with E-state index in [2.05, 4.69) is 0 Å². The van der Waals surface area contributed by atoms with E-state index in [0.717, 1.165) is 0 Å². The van der Waals surface area contributed by atoms with Gasteiger partial charge in [0.2, 0.25) is 0 Å². The summed E-state index contributed by atoms with van der Waals surface area (Å²) in [4.78, 5) is 37.8. The average Bonchev–Trinajstić information content (AvgIpc) is 3.22. The molecule has 0 saturated carbocycles. The Morgan fingerprint density at radius 1 is 0.682 bits per heavy atom. The van der Waals surface area contributed by atoms with Gasteiger partial charge in [-0.05, 0) is 59.3 Å². The van der Waals surface area contributed by atoms with E-state index in [9.17, 15) is 75.7 Å². The van der Waals surface area contributed by atoms with Crippen molar-refractivity contribution in [2.75, 3.05) is 0 Å². The summed E-state index contributed by atoms with van der Waals surface area (Å²) >= 11 is 0. The molecule has 2 heterocycles. The number of cyclic esters (lactones) is 1. The number of carbonyl (C=O) groups is 3. The fourth-order valence-electron chi connectivity index (χ4n) is 7.48. The molecule has 2 aliphatic heterocycles. The van der Waals surface area contributed by atoms with Crippen molar-refractivity contribution in [3.63, 3.8) is 0 Å². The summed E-state index contributed by atoms with van der Waals surface area (Å²) in [5.41, 5.74) is 4.27. The summed E-state index contributed by atoms with van der Waals surface area (Å²) < 4.78 is 16.9. The van der Waals surface area contributed by atoms with E-state index in [0.29, 0.717) is 12.8 Å². The molecule has 0 aromatic carbocycles. The Kier molecular flexibility index (Phi) is 26.1. The largest absolute Gasteiger partial charge is 0.481 e. The van der Waals surface area contributed by atoms with E-state index < -0.39 is 153 Å². The monoisotopic (exact) mass is 941 g/mol. The number of aliphatic hydroxyl groups excluding tert-OH is 10. The summed E-state index contributed by atoms with van der Waals surface area (Å²) in [6.07, 6.45) is -1.60. The molecule has 1 saturated heterocycles. The molecule has 2 aliphatic rings. The zero-order valence-corrected chi connectivity index (χ0v) is 38.2. The molecule has 0 unspecified atom stereocenters. The molecule has 2 rings (SSSR count). The van der Waals surface area contributed by atoms with Crippen molar-refractivity contribution in [3.05, 3.63) is 72.9 Å². The van der Waals surface area contributed by atoms with Gasteiger partial charge >= 0.3 is 11.9 Å². The smallest absolute Gasteiger partial charge is 0.311 e. The highest BCUT2D eigenvalue weighted by Gasteiger charge is 2.43. The quantitative estimate of drug-likeness (QED) is 0.164. The number of Topliss-reactive ketones (excluding diaryl/α,β-unsaturated/α-hetero) is 1. The van der Waals surface area contributed by atoms with Gasteiger partial charge in [-0.25, -0.2) is 0 Å². The Hall–Kier alpha value is -3.51. The van der Waals surface area contributed by atoms with Gasteiger partial charge in [0.25, 0.3) is 0 Å². The second kappa shape index (κ2) is 29.4. The minimum absolute atomic E-state index is 0.166. The maximum Gasteiger partial charge on any atom is 0.311 e. The number of ether oxygens (including phenoxy) is 3. The van der Waals surface area contributed by atoms with Gasteiger partial charge in [0.05, 0.1) is 79.6 Å². The molecule has 0 aromatic heterocycles. The molecule has 0 radical (unpaired) electrons. The van der Waals surface area contributed by atoms with Gasteiger partial charge in [-0.1, -0.05) is 79.8 Å². The van der Waals surface area contributed by atoms with E-state index in [1.807, 2.05) is 18.2 Å². The fourth-order valence-corrected chi connectivity index (χ4v) is 7.48. The zero-order chi connectivity index (χ0) is 49.7. The highest BCUT2D eigenvalue weighted by atomic mass is 16.7. The molecule has 1 fully saturated rings. The Morgan fingerprint density at radius 2 is 1.26 bits per heavy atom. The standard InChI is InChI=1S/C47H75NO18/c1-27-28(2)64-39(57)25-32(51)22-31(50)21-30(49)18-19-35(53)36(54)23-33(52)24-37(55)40(45(61)62)38(56)26-34(66-46-43(59)41(48)42(58)29(3)65-46)17-15-13-11-9-7-5-6-8-10-12-14-16-20-47(4,63)44(27)60/h5-7,9,11-17,20,27-32,34-38,40-44,46,49-51,53-56,58-60,63H,8,10,18-19,21-26,48H2,1-4H3,(H,61,62)/t27-,28-,29+,30+,31+,32+,34+,35-,36+,37-,38+,40-,41-,42-,43-,44+,46-,47-/m0/s1. The van der Waals surface area contributed by atoms with Crippen LogP contribution in [0.2, 0.25) is 0 Å². The molecule has 0 aliphatic carbocycles. The van der Waals surface area contributed by atoms with Gasteiger partial charge in [0, 0.05) is 25.2 Å². The highest BCUT2D eigenvalue weighted by molar-refractivity contribution is 5.81. The summed E-state index contributed by atoms with van der Waals surface area (Å²) in [6, 6.07) is -1.16. The van der Waals surface area contributed by atoms with Crippen LogP contribution >= 0.6 is 0 Å². The van der Waals surface area contributed by atoms with Crippen molar-refractivity contribution in [2.24, 2.45) is 17.6 Å². The number of aliphatic carboxylic acids is 1. The number of carbonyl (C=O) groups excluding carboxylic acids is 2. The molecular weight excluding hydrogens is 867 g/mol. The van der Waals surface area contributed by atoms with Crippen molar-refractivity contribution >= 4 is 17.7 Å². The number of aliphatic hydroxyl groups is 11. The van der Waals surface area contributed by atoms with Crippen LogP contribution in [0.4, 0.5) is 0 Å². The van der Waals surface area contributed by atoms with Gasteiger partial charge in [-0.15, -0.1) is 0 Å². The second-order valence-electron chi connectivity index (χ2n) is 17.6. The van der Waals surface area contributed by atoms with E-state index >= 15 is 0 Å². The molecule has 18 atom stereocenters. The van der Waals surface area contributed by atoms with Gasteiger partial charge in [-0.2, -0.15) is 0 Å². The van der Waals surface area contributed by atoms with Gasteiger partial charge < -0.3 is 81.2 Å². The van der Waals surface area contributed by atoms with Crippen molar-refractivity contribution in [1.82, 2.24) is 0 Å². The Morgan fingerprint density at radius 3 is 1.89 bits per heavy atom. The van der Waals surface area contributed by atoms with Crippen molar-refractivity contribution < 1.29 is 89.9 Å². The lowest BCUT2D eigenvalue weighted by Gasteiger charge is -2.41. The molecule has 19 nitrogen and oxygen atoms in total. The first-order valence-electron chi connectivity index (χ1n) is 22.5. The molecule has 19 heteroatoms. The van der Waals surface area contributed by atoms with Crippen LogP contribution in [-0.4, -0.2) is 176 Å². The van der Waals surface area contributed by atoms with E-state index in [1.54, 1.807) is 43.4 Å². The summed E-state index contributed by atoms with van der Waals surface area (Å²) in [5.74, 6) is -6.01. The maximum absolute atomic E-state index is 12.9. The lowest BCUT2D eigenvalue weighted by atomic mass is 9.86. The number of hydrogen-bond acceptors (Lipinski definition) is 18. The number of carboxylic acids is 1. The van der Waals surface area contributed by atoms with Crippen LogP contribution in [0.1, 0.15) is 91.9 Å². The van der Waals surface area contributed by atoms with Gasteiger partial charge in [0.1, 0.15) is 29.5 Å². The number of ketones is 1. The summed E-state index contributed by atoms with van der Waals surface area (Å²) in [5, 5.41) is 127. The lowest BCUT2D eigenvalue weighted by molar-refractivity contribution is -0.277. The Bertz CT molecular complexity index is 1650. The van der Waals surface area contributed by atoms with Gasteiger partial charge in [-0.3, -0.25) is 14.4 Å². The first kappa shape index (κ1) is 58.6. The molecular formula is C47H75NO18. The predicted octanol–water partition coefficient (Wildman–Crippen LogP) is -0.107. The van der Waals surface area contributed by atoms with Crippen molar-refractivity contribution in [1.29, 1.82) is 0 Å². The fraction of sp³-hybridized carbons (Fsp3) is 0.681. The topological polar surface area (TPSA) is 348 Å². The zero-order valence-electron chi connectivity index (χ0n) is 38.2. The van der Waals surface area contributed by atoms with Crippen LogP contribution in [-0.2, 0) is 28.6 Å². The van der Waals surface area contributed by atoms with Crippen molar-refractivity contribution in [3.8, 4) is 0 Å². The van der Waals surface area contributed by atoms with Crippen LogP contribution in [0.5, 0.6) is 0 Å². The molecule has 0 spiro atoms. The number of carboxylic acid groups (broad SMARTS) is 1. The first-order valence-corrected chi connectivity index (χ1v) is 22.5. The first-order chi connectivity index (χ1) is 30.9. The van der Waals surface area contributed by atoms with Crippen LogP contribution in [0.15, 0.2) is 72.9 Å². The van der Waals surface area contributed by atoms with Crippen LogP contribution in [0.3, 0.4) is 0 Å². The van der Waals surface area contributed by atoms with E-state index in [-0.39, 0.29) is 25.7 Å². The average molecular weight is 942 g/mol. The minimum Gasteiger partial charge on any atom is -0.481 e. The van der Waals surface area contributed by atoms with Crippen molar-refractivity contribution in [2.45, 2.75) is 189 Å².